The number of oxime groups is 1. The number of halogens is 2. The molecule has 0 radical (unpaired) electrons. The second-order valence-corrected chi connectivity index (χ2v) is 5.04. The summed E-state index contributed by atoms with van der Waals surface area (Å²) in [5.74, 6) is -0.265. The third-order valence-corrected chi connectivity index (χ3v) is 3.58. The zero-order valence-corrected chi connectivity index (χ0v) is 12.3. The molecule has 2 aromatic carbocycles. The highest BCUT2D eigenvalue weighted by Gasteiger charge is 2.10. The summed E-state index contributed by atoms with van der Waals surface area (Å²) in [7, 11) is 1.83. The fraction of sp³-hybridized carbons (Fsp3) is 0.0714. The van der Waals surface area contributed by atoms with Gasteiger partial charge in [-0.15, -0.1) is 0 Å². The van der Waals surface area contributed by atoms with Gasteiger partial charge in [-0.2, -0.15) is 0 Å². The van der Waals surface area contributed by atoms with E-state index in [1.807, 2.05) is 30.1 Å². The minimum Gasteiger partial charge on any atom is -0.409 e. The summed E-state index contributed by atoms with van der Waals surface area (Å²) in [5, 5.41) is 11.7. The molecular formula is C14H13BrFN3O. The summed E-state index contributed by atoms with van der Waals surface area (Å²) < 4.78 is 13.9. The molecule has 0 saturated heterocycles. The maximum Gasteiger partial charge on any atom is 0.171 e. The van der Waals surface area contributed by atoms with Crippen molar-refractivity contribution in [2.45, 2.75) is 0 Å². The molecule has 0 saturated carbocycles. The Balaban J connectivity index is 2.37. The van der Waals surface area contributed by atoms with Gasteiger partial charge in [0.2, 0.25) is 0 Å². The zero-order chi connectivity index (χ0) is 14.7. The van der Waals surface area contributed by atoms with E-state index in [-0.39, 0.29) is 11.7 Å². The van der Waals surface area contributed by atoms with Gasteiger partial charge in [0, 0.05) is 28.5 Å². The number of nitrogens with two attached hydrogens (primary N) is 1. The standard InChI is InChI=1S/C14H13BrFN3O/c1-19(10-4-2-3-9(16)7-10)11-5-6-12(13(15)8-11)14(17)18-20/h2-8,20H,1H3,(H2,17,18). The second kappa shape index (κ2) is 5.92. The molecule has 4 nitrogen and oxygen atoms in total. The van der Waals surface area contributed by atoms with Crippen LogP contribution in [0.1, 0.15) is 5.56 Å². The number of hydrogen-bond acceptors (Lipinski definition) is 3. The molecule has 104 valence electrons. The molecule has 2 aromatic rings. The van der Waals surface area contributed by atoms with E-state index in [0.29, 0.717) is 10.0 Å². The summed E-state index contributed by atoms with van der Waals surface area (Å²) in [5.41, 5.74) is 7.72. The van der Waals surface area contributed by atoms with E-state index >= 15 is 0 Å². The first kappa shape index (κ1) is 14.3. The highest BCUT2D eigenvalue weighted by Crippen LogP contribution is 2.28. The van der Waals surface area contributed by atoms with Crippen molar-refractivity contribution >= 4 is 33.1 Å². The van der Waals surface area contributed by atoms with Crippen molar-refractivity contribution in [2.24, 2.45) is 10.9 Å². The molecule has 0 aliphatic carbocycles. The van der Waals surface area contributed by atoms with Crippen molar-refractivity contribution in [3.05, 3.63) is 58.3 Å². The van der Waals surface area contributed by atoms with Gasteiger partial charge in [-0.25, -0.2) is 4.39 Å². The molecular weight excluding hydrogens is 325 g/mol. The minimum absolute atomic E-state index is 0.0248. The highest BCUT2D eigenvalue weighted by atomic mass is 79.9. The number of anilines is 2. The first-order valence-corrected chi connectivity index (χ1v) is 6.59. The Bertz CT molecular complexity index is 661. The van der Waals surface area contributed by atoms with E-state index in [1.54, 1.807) is 12.1 Å². The summed E-state index contributed by atoms with van der Waals surface area (Å²) in [6.45, 7) is 0. The molecule has 0 aromatic heterocycles. The lowest BCUT2D eigenvalue weighted by Crippen LogP contribution is -2.15. The summed E-state index contributed by atoms with van der Waals surface area (Å²) in [4.78, 5) is 1.84. The lowest BCUT2D eigenvalue weighted by Gasteiger charge is -2.20. The predicted octanol–water partition coefficient (Wildman–Crippen LogP) is 3.45. The van der Waals surface area contributed by atoms with Gasteiger partial charge in [-0.05, 0) is 52.3 Å². The van der Waals surface area contributed by atoms with E-state index in [2.05, 4.69) is 21.1 Å². The van der Waals surface area contributed by atoms with Crippen LogP contribution in [0.4, 0.5) is 15.8 Å². The summed E-state index contributed by atoms with van der Waals surface area (Å²) >= 11 is 3.37. The third-order valence-electron chi connectivity index (χ3n) is 2.92. The SMILES string of the molecule is CN(c1cccc(F)c1)c1ccc(/C(N)=N/O)c(Br)c1. The van der Waals surface area contributed by atoms with Crippen LogP contribution < -0.4 is 10.6 Å². The van der Waals surface area contributed by atoms with Gasteiger partial charge in [-0.1, -0.05) is 11.2 Å². The van der Waals surface area contributed by atoms with E-state index in [9.17, 15) is 4.39 Å². The van der Waals surface area contributed by atoms with Crippen LogP contribution in [-0.4, -0.2) is 18.1 Å². The van der Waals surface area contributed by atoms with Crippen LogP contribution in [-0.2, 0) is 0 Å². The molecule has 0 heterocycles. The molecule has 20 heavy (non-hydrogen) atoms. The molecule has 0 aliphatic heterocycles. The Kier molecular flexibility index (Phi) is 4.24. The Hall–Kier alpha value is -2.08. The number of benzene rings is 2. The molecule has 2 rings (SSSR count). The number of nitrogens with zero attached hydrogens (tertiary/aromatic N) is 2. The van der Waals surface area contributed by atoms with Gasteiger partial charge in [0.05, 0.1) is 0 Å². The van der Waals surface area contributed by atoms with Crippen molar-refractivity contribution < 1.29 is 9.60 Å². The van der Waals surface area contributed by atoms with Crippen LogP contribution in [0.2, 0.25) is 0 Å². The van der Waals surface area contributed by atoms with Gasteiger partial charge in [0.1, 0.15) is 5.82 Å². The molecule has 0 spiro atoms. The normalized spacial score (nSPS) is 11.4. The number of amidine groups is 1. The van der Waals surface area contributed by atoms with Crippen LogP contribution >= 0.6 is 15.9 Å². The highest BCUT2D eigenvalue weighted by molar-refractivity contribution is 9.10. The van der Waals surface area contributed by atoms with Crippen LogP contribution in [0.25, 0.3) is 0 Å². The topological polar surface area (TPSA) is 61.8 Å². The van der Waals surface area contributed by atoms with Crippen molar-refractivity contribution in [2.75, 3.05) is 11.9 Å². The van der Waals surface area contributed by atoms with Crippen molar-refractivity contribution in [1.82, 2.24) is 0 Å². The molecule has 0 bridgehead atoms. The molecule has 3 N–H and O–H groups in total. The van der Waals surface area contributed by atoms with Crippen molar-refractivity contribution in [3.8, 4) is 0 Å². The maximum atomic E-state index is 13.2. The first-order valence-electron chi connectivity index (χ1n) is 5.79. The molecule has 6 heteroatoms. The second-order valence-electron chi connectivity index (χ2n) is 4.19. The minimum atomic E-state index is -0.290. The Morgan fingerprint density at radius 3 is 2.55 bits per heavy atom. The summed E-state index contributed by atoms with van der Waals surface area (Å²) in [6, 6.07) is 11.7. The molecule has 0 atom stereocenters. The smallest absolute Gasteiger partial charge is 0.171 e. The van der Waals surface area contributed by atoms with Gasteiger partial charge >= 0.3 is 0 Å². The van der Waals surface area contributed by atoms with Gasteiger partial charge in [0.15, 0.2) is 5.84 Å². The fourth-order valence-electron chi connectivity index (χ4n) is 1.81. The quantitative estimate of drug-likeness (QED) is 0.390. The lowest BCUT2D eigenvalue weighted by molar-refractivity contribution is 0.318. The van der Waals surface area contributed by atoms with Crippen LogP contribution in [0.5, 0.6) is 0 Å². The Labute approximate surface area is 124 Å². The zero-order valence-electron chi connectivity index (χ0n) is 10.7. The van der Waals surface area contributed by atoms with E-state index < -0.39 is 0 Å². The van der Waals surface area contributed by atoms with Crippen molar-refractivity contribution in [1.29, 1.82) is 0 Å². The van der Waals surface area contributed by atoms with Crippen molar-refractivity contribution in [3.63, 3.8) is 0 Å². The molecule has 0 amide bonds. The van der Waals surface area contributed by atoms with Gasteiger partial charge in [0.25, 0.3) is 0 Å². The van der Waals surface area contributed by atoms with Gasteiger partial charge < -0.3 is 15.8 Å². The first-order chi connectivity index (χ1) is 9.52. The molecule has 0 aliphatic rings. The maximum absolute atomic E-state index is 13.2. The number of hydrogen-bond donors (Lipinski definition) is 2. The average molecular weight is 338 g/mol. The van der Waals surface area contributed by atoms with Crippen LogP contribution in [0.3, 0.4) is 0 Å². The Morgan fingerprint density at radius 2 is 1.95 bits per heavy atom. The van der Waals surface area contributed by atoms with E-state index in [4.69, 9.17) is 10.9 Å². The molecule has 0 fully saturated rings. The number of rotatable bonds is 3. The average Bonchev–Trinajstić information content (AvgIpc) is 2.45. The van der Waals surface area contributed by atoms with Crippen LogP contribution in [0, 0.1) is 5.82 Å². The lowest BCUT2D eigenvalue weighted by atomic mass is 10.1. The molecule has 0 unspecified atom stereocenters. The van der Waals surface area contributed by atoms with E-state index in [1.165, 1.54) is 12.1 Å². The fourth-order valence-corrected chi connectivity index (χ4v) is 2.38. The monoisotopic (exact) mass is 337 g/mol. The largest absolute Gasteiger partial charge is 0.409 e. The predicted molar refractivity (Wildman–Crippen MR) is 81.1 cm³/mol. The van der Waals surface area contributed by atoms with E-state index in [0.717, 1.165) is 11.4 Å². The third kappa shape index (κ3) is 2.91. The van der Waals surface area contributed by atoms with Gasteiger partial charge in [-0.3, -0.25) is 0 Å². The Morgan fingerprint density at radius 1 is 1.25 bits per heavy atom. The van der Waals surface area contributed by atoms with Crippen LogP contribution in [0.15, 0.2) is 52.1 Å². The summed E-state index contributed by atoms with van der Waals surface area (Å²) in [6.07, 6.45) is 0.